The number of nitrogens with two attached hydrogens (primary N) is 1. The summed E-state index contributed by atoms with van der Waals surface area (Å²) in [6.07, 6.45) is 9.21. The normalized spacial score (nSPS) is 28.6. The zero-order chi connectivity index (χ0) is 14.3. The van der Waals surface area contributed by atoms with E-state index in [-0.39, 0.29) is 0 Å². The first kappa shape index (κ1) is 17.0. The van der Waals surface area contributed by atoms with Crippen molar-refractivity contribution in [2.24, 2.45) is 23.0 Å². The monoisotopic (exact) mass is 269 g/mol. The molecule has 0 spiro atoms. The van der Waals surface area contributed by atoms with E-state index in [4.69, 9.17) is 10.5 Å². The van der Waals surface area contributed by atoms with Crippen molar-refractivity contribution < 1.29 is 4.74 Å². The second-order valence-electron chi connectivity index (χ2n) is 6.96. The van der Waals surface area contributed by atoms with E-state index in [0.29, 0.717) is 17.4 Å². The lowest BCUT2D eigenvalue weighted by Crippen LogP contribution is -2.40. The third-order valence-electron chi connectivity index (χ3n) is 5.33. The molecule has 2 N–H and O–H groups in total. The summed E-state index contributed by atoms with van der Waals surface area (Å²) >= 11 is 0. The molecular weight excluding hydrogens is 234 g/mol. The summed E-state index contributed by atoms with van der Waals surface area (Å²) in [5.74, 6) is 1.39. The lowest BCUT2D eigenvalue weighted by molar-refractivity contribution is -0.0446. The van der Waals surface area contributed by atoms with Crippen molar-refractivity contribution in [3.63, 3.8) is 0 Å². The van der Waals surface area contributed by atoms with Crippen LogP contribution in [0.25, 0.3) is 0 Å². The van der Waals surface area contributed by atoms with Crippen molar-refractivity contribution in [2.75, 3.05) is 13.2 Å². The van der Waals surface area contributed by atoms with Gasteiger partial charge in [0.25, 0.3) is 0 Å². The molecule has 1 rings (SSSR count). The zero-order valence-corrected chi connectivity index (χ0v) is 13.6. The molecule has 0 aliphatic heterocycles. The van der Waals surface area contributed by atoms with Gasteiger partial charge in [-0.3, -0.25) is 0 Å². The third-order valence-corrected chi connectivity index (χ3v) is 5.33. The highest BCUT2D eigenvalue weighted by atomic mass is 16.5. The van der Waals surface area contributed by atoms with E-state index in [1.54, 1.807) is 0 Å². The van der Waals surface area contributed by atoms with E-state index < -0.39 is 0 Å². The first-order valence-electron chi connectivity index (χ1n) is 8.36. The fourth-order valence-electron chi connectivity index (χ4n) is 3.25. The van der Waals surface area contributed by atoms with Crippen LogP contribution in [-0.4, -0.2) is 19.3 Å². The maximum absolute atomic E-state index is 6.18. The molecule has 3 atom stereocenters. The molecule has 0 aromatic heterocycles. The van der Waals surface area contributed by atoms with Gasteiger partial charge >= 0.3 is 0 Å². The van der Waals surface area contributed by atoms with Gasteiger partial charge in [0.2, 0.25) is 0 Å². The van der Waals surface area contributed by atoms with Crippen molar-refractivity contribution in [1.82, 2.24) is 0 Å². The SMILES string of the molecule is CCCCCOC1CC(C(C)(C)CC)CCC1CN. The average Bonchev–Trinajstić information content (AvgIpc) is 2.43. The summed E-state index contributed by atoms with van der Waals surface area (Å²) in [5, 5.41) is 0. The summed E-state index contributed by atoms with van der Waals surface area (Å²) in [6, 6.07) is 0. The van der Waals surface area contributed by atoms with Crippen LogP contribution in [0, 0.1) is 17.3 Å². The largest absolute Gasteiger partial charge is 0.378 e. The van der Waals surface area contributed by atoms with Gasteiger partial charge in [-0.1, -0.05) is 47.0 Å². The maximum Gasteiger partial charge on any atom is 0.0618 e. The van der Waals surface area contributed by atoms with Gasteiger partial charge in [0.1, 0.15) is 0 Å². The minimum Gasteiger partial charge on any atom is -0.378 e. The van der Waals surface area contributed by atoms with Crippen LogP contribution in [0.4, 0.5) is 0 Å². The van der Waals surface area contributed by atoms with Gasteiger partial charge in [-0.25, -0.2) is 0 Å². The summed E-state index contributed by atoms with van der Waals surface area (Å²) < 4.78 is 6.18. The highest BCUT2D eigenvalue weighted by Gasteiger charge is 2.37. The second kappa shape index (κ2) is 8.26. The first-order chi connectivity index (χ1) is 9.05. The molecule has 3 unspecified atom stereocenters. The number of ether oxygens (including phenoxy) is 1. The Morgan fingerprint density at radius 2 is 1.89 bits per heavy atom. The van der Waals surface area contributed by atoms with Gasteiger partial charge in [-0.15, -0.1) is 0 Å². The van der Waals surface area contributed by atoms with E-state index in [1.165, 1.54) is 44.9 Å². The number of hydrogen-bond donors (Lipinski definition) is 1. The Bertz CT molecular complexity index is 239. The topological polar surface area (TPSA) is 35.2 Å². The second-order valence-corrected chi connectivity index (χ2v) is 6.96. The fraction of sp³-hybridized carbons (Fsp3) is 1.00. The predicted octanol–water partition coefficient (Wildman–Crippen LogP) is 4.37. The molecule has 0 bridgehead atoms. The molecule has 2 nitrogen and oxygen atoms in total. The molecule has 2 heteroatoms. The van der Waals surface area contributed by atoms with Crippen LogP contribution in [0.3, 0.4) is 0 Å². The van der Waals surface area contributed by atoms with E-state index in [0.717, 1.165) is 19.1 Å². The fourth-order valence-corrected chi connectivity index (χ4v) is 3.25. The molecule has 0 saturated heterocycles. The van der Waals surface area contributed by atoms with Crippen LogP contribution < -0.4 is 5.73 Å². The Labute approximate surface area is 120 Å². The lowest BCUT2D eigenvalue weighted by Gasteiger charge is -2.42. The molecule has 0 aromatic carbocycles. The van der Waals surface area contributed by atoms with E-state index in [2.05, 4.69) is 27.7 Å². The molecule has 0 heterocycles. The van der Waals surface area contributed by atoms with Crippen molar-refractivity contribution >= 4 is 0 Å². The summed E-state index contributed by atoms with van der Waals surface area (Å²) in [6.45, 7) is 11.1. The van der Waals surface area contributed by atoms with E-state index >= 15 is 0 Å². The van der Waals surface area contributed by atoms with Crippen LogP contribution in [0.15, 0.2) is 0 Å². The van der Waals surface area contributed by atoms with Crippen LogP contribution in [-0.2, 0) is 4.74 Å². The summed E-state index contributed by atoms with van der Waals surface area (Å²) in [5.41, 5.74) is 6.38. The Balaban J connectivity index is 2.49. The van der Waals surface area contributed by atoms with Crippen molar-refractivity contribution in [1.29, 1.82) is 0 Å². The Kier molecular flexibility index (Phi) is 7.38. The summed E-state index contributed by atoms with van der Waals surface area (Å²) in [7, 11) is 0. The van der Waals surface area contributed by atoms with Crippen molar-refractivity contribution in [3.05, 3.63) is 0 Å². The van der Waals surface area contributed by atoms with Crippen LogP contribution in [0.5, 0.6) is 0 Å². The van der Waals surface area contributed by atoms with E-state index in [1.807, 2.05) is 0 Å². The molecular formula is C17H35NO. The van der Waals surface area contributed by atoms with Crippen LogP contribution >= 0.6 is 0 Å². The quantitative estimate of drug-likeness (QED) is 0.664. The first-order valence-corrected chi connectivity index (χ1v) is 8.36. The van der Waals surface area contributed by atoms with Crippen LogP contribution in [0.1, 0.15) is 72.6 Å². The third kappa shape index (κ3) is 5.07. The molecule has 1 saturated carbocycles. The molecule has 19 heavy (non-hydrogen) atoms. The Morgan fingerprint density at radius 3 is 2.47 bits per heavy atom. The van der Waals surface area contributed by atoms with Gasteiger partial charge in [0.05, 0.1) is 6.10 Å². The maximum atomic E-state index is 6.18. The van der Waals surface area contributed by atoms with Gasteiger partial charge in [0.15, 0.2) is 0 Å². The molecule has 1 aliphatic carbocycles. The van der Waals surface area contributed by atoms with Gasteiger partial charge in [-0.05, 0) is 49.5 Å². The highest BCUT2D eigenvalue weighted by molar-refractivity contribution is 4.88. The van der Waals surface area contributed by atoms with Gasteiger partial charge in [-0.2, -0.15) is 0 Å². The van der Waals surface area contributed by atoms with Crippen molar-refractivity contribution in [3.8, 4) is 0 Å². The zero-order valence-electron chi connectivity index (χ0n) is 13.6. The van der Waals surface area contributed by atoms with Crippen LogP contribution in [0.2, 0.25) is 0 Å². The minimum atomic E-state index is 0.409. The Morgan fingerprint density at radius 1 is 1.16 bits per heavy atom. The molecule has 1 fully saturated rings. The highest BCUT2D eigenvalue weighted by Crippen LogP contribution is 2.42. The number of hydrogen-bond acceptors (Lipinski definition) is 2. The van der Waals surface area contributed by atoms with E-state index in [9.17, 15) is 0 Å². The standard InChI is InChI=1S/C17H35NO/c1-5-7-8-11-19-16-12-15(17(3,4)6-2)10-9-14(16)13-18/h14-16H,5-13,18H2,1-4H3. The Hall–Kier alpha value is -0.0800. The average molecular weight is 269 g/mol. The number of rotatable bonds is 8. The van der Waals surface area contributed by atoms with Gasteiger partial charge in [0, 0.05) is 6.61 Å². The molecule has 0 radical (unpaired) electrons. The predicted molar refractivity (Wildman–Crippen MR) is 83.2 cm³/mol. The van der Waals surface area contributed by atoms with Gasteiger partial charge < -0.3 is 10.5 Å². The molecule has 0 amide bonds. The smallest absolute Gasteiger partial charge is 0.0618 e. The molecule has 114 valence electrons. The summed E-state index contributed by atoms with van der Waals surface area (Å²) in [4.78, 5) is 0. The molecule has 1 aliphatic rings. The lowest BCUT2D eigenvalue weighted by atomic mass is 9.66. The minimum absolute atomic E-state index is 0.409. The number of unbranched alkanes of at least 4 members (excludes halogenated alkanes) is 2. The molecule has 0 aromatic rings. The van der Waals surface area contributed by atoms with Crippen molar-refractivity contribution in [2.45, 2.75) is 78.7 Å².